The SMILES string of the molecule is O=C(CC1CC1)N[C@@H]1CCOC[C@H]1Oc1ccccn1. The summed E-state index contributed by atoms with van der Waals surface area (Å²) in [5, 5.41) is 3.09. The van der Waals surface area contributed by atoms with Crippen LogP contribution in [0.1, 0.15) is 25.7 Å². The van der Waals surface area contributed by atoms with Crippen LogP contribution in [0, 0.1) is 5.92 Å². The van der Waals surface area contributed by atoms with Gasteiger partial charge in [0.05, 0.1) is 12.6 Å². The van der Waals surface area contributed by atoms with E-state index in [1.165, 1.54) is 12.8 Å². The molecule has 1 saturated carbocycles. The van der Waals surface area contributed by atoms with E-state index in [1.54, 1.807) is 6.20 Å². The Morgan fingerprint density at radius 3 is 3.05 bits per heavy atom. The van der Waals surface area contributed by atoms with Gasteiger partial charge in [-0.3, -0.25) is 4.79 Å². The van der Waals surface area contributed by atoms with Gasteiger partial charge < -0.3 is 14.8 Å². The largest absolute Gasteiger partial charge is 0.470 e. The number of nitrogens with one attached hydrogen (secondary N) is 1. The van der Waals surface area contributed by atoms with Gasteiger partial charge in [0.25, 0.3) is 0 Å². The van der Waals surface area contributed by atoms with Crippen LogP contribution in [0.5, 0.6) is 5.88 Å². The molecule has 108 valence electrons. The Morgan fingerprint density at radius 2 is 2.30 bits per heavy atom. The first kappa shape index (κ1) is 13.4. The van der Waals surface area contributed by atoms with Crippen LogP contribution in [0.4, 0.5) is 0 Å². The molecule has 0 spiro atoms. The molecule has 2 atom stereocenters. The zero-order valence-electron chi connectivity index (χ0n) is 11.5. The number of hydrogen-bond acceptors (Lipinski definition) is 4. The lowest BCUT2D eigenvalue weighted by atomic mass is 10.1. The van der Waals surface area contributed by atoms with E-state index in [2.05, 4.69) is 10.3 Å². The molecule has 1 aliphatic carbocycles. The van der Waals surface area contributed by atoms with Gasteiger partial charge in [0.15, 0.2) is 0 Å². The van der Waals surface area contributed by atoms with E-state index in [4.69, 9.17) is 9.47 Å². The van der Waals surface area contributed by atoms with Gasteiger partial charge in [0.2, 0.25) is 11.8 Å². The fourth-order valence-electron chi connectivity index (χ4n) is 2.41. The molecule has 2 fully saturated rings. The van der Waals surface area contributed by atoms with E-state index >= 15 is 0 Å². The first-order valence-electron chi connectivity index (χ1n) is 7.26. The zero-order chi connectivity index (χ0) is 13.8. The van der Waals surface area contributed by atoms with Crippen molar-refractivity contribution in [1.82, 2.24) is 10.3 Å². The van der Waals surface area contributed by atoms with Gasteiger partial charge in [-0.15, -0.1) is 0 Å². The van der Waals surface area contributed by atoms with E-state index in [0.29, 0.717) is 31.4 Å². The zero-order valence-corrected chi connectivity index (χ0v) is 11.5. The average Bonchev–Trinajstić information content (AvgIpc) is 3.26. The summed E-state index contributed by atoms with van der Waals surface area (Å²) >= 11 is 0. The highest BCUT2D eigenvalue weighted by Gasteiger charge is 2.31. The highest BCUT2D eigenvalue weighted by atomic mass is 16.5. The Kier molecular flexibility index (Phi) is 4.16. The summed E-state index contributed by atoms with van der Waals surface area (Å²) in [6, 6.07) is 5.56. The van der Waals surface area contributed by atoms with Gasteiger partial charge in [-0.1, -0.05) is 6.07 Å². The summed E-state index contributed by atoms with van der Waals surface area (Å²) in [6.45, 7) is 1.15. The summed E-state index contributed by atoms with van der Waals surface area (Å²) in [6.07, 6.45) is 5.34. The third-order valence-electron chi connectivity index (χ3n) is 3.73. The topological polar surface area (TPSA) is 60.5 Å². The number of pyridine rings is 1. The Labute approximate surface area is 118 Å². The molecule has 1 saturated heterocycles. The predicted octanol–water partition coefficient (Wildman–Crippen LogP) is 1.53. The van der Waals surface area contributed by atoms with Crippen molar-refractivity contribution in [3.05, 3.63) is 24.4 Å². The second-order valence-corrected chi connectivity index (χ2v) is 5.51. The van der Waals surface area contributed by atoms with Crippen molar-refractivity contribution in [1.29, 1.82) is 0 Å². The Hall–Kier alpha value is -1.62. The fourth-order valence-corrected chi connectivity index (χ4v) is 2.41. The van der Waals surface area contributed by atoms with Crippen LogP contribution in [-0.2, 0) is 9.53 Å². The number of carbonyl (C=O) groups is 1. The summed E-state index contributed by atoms with van der Waals surface area (Å²) in [5.41, 5.74) is 0. The molecule has 1 amide bonds. The van der Waals surface area contributed by atoms with Crippen LogP contribution in [0.3, 0.4) is 0 Å². The van der Waals surface area contributed by atoms with Gasteiger partial charge in [0.1, 0.15) is 6.10 Å². The number of hydrogen-bond donors (Lipinski definition) is 1. The molecule has 1 aromatic heterocycles. The maximum Gasteiger partial charge on any atom is 0.220 e. The molecule has 5 nitrogen and oxygen atoms in total. The van der Waals surface area contributed by atoms with Gasteiger partial charge in [-0.25, -0.2) is 4.98 Å². The van der Waals surface area contributed by atoms with Gasteiger partial charge in [-0.05, 0) is 31.2 Å². The van der Waals surface area contributed by atoms with Crippen molar-refractivity contribution in [2.24, 2.45) is 5.92 Å². The van der Waals surface area contributed by atoms with E-state index in [-0.39, 0.29) is 18.1 Å². The van der Waals surface area contributed by atoms with Crippen LogP contribution in [0.25, 0.3) is 0 Å². The van der Waals surface area contributed by atoms with Gasteiger partial charge in [0, 0.05) is 25.3 Å². The Morgan fingerprint density at radius 1 is 1.40 bits per heavy atom. The maximum absolute atomic E-state index is 11.9. The molecule has 0 bridgehead atoms. The van der Waals surface area contributed by atoms with Crippen molar-refractivity contribution in [3.8, 4) is 5.88 Å². The molecule has 3 rings (SSSR count). The third kappa shape index (κ3) is 3.70. The van der Waals surface area contributed by atoms with Crippen LogP contribution >= 0.6 is 0 Å². The monoisotopic (exact) mass is 276 g/mol. The first-order valence-corrected chi connectivity index (χ1v) is 7.26. The van der Waals surface area contributed by atoms with E-state index < -0.39 is 0 Å². The smallest absolute Gasteiger partial charge is 0.220 e. The lowest BCUT2D eigenvalue weighted by Gasteiger charge is -2.32. The van der Waals surface area contributed by atoms with Crippen molar-refractivity contribution >= 4 is 5.91 Å². The molecule has 2 heterocycles. The quantitative estimate of drug-likeness (QED) is 0.886. The Balaban J connectivity index is 1.56. The van der Waals surface area contributed by atoms with Crippen LogP contribution in [0.15, 0.2) is 24.4 Å². The minimum atomic E-state index is -0.165. The number of nitrogens with zero attached hydrogens (tertiary/aromatic N) is 1. The second kappa shape index (κ2) is 6.22. The lowest BCUT2D eigenvalue weighted by molar-refractivity contribution is -0.124. The first-order chi connectivity index (χ1) is 9.81. The van der Waals surface area contributed by atoms with Crippen molar-refractivity contribution in [2.75, 3.05) is 13.2 Å². The predicted molar refractivity (Wildman–Crippen MR) is 73.4 cm³/mol. The van der Waals surface area contributed by atoms with Crippen molar-refractivity contribution < 1.29 is 14.3 Å². The molecular formula is C15H20N2O3. The van der Waals surface area contributed by atoms with Gasteiger partial charge in [-0.2, -0.15) is 0 Å². The van der Waals surface area contributed by atoms with E-state index in [1.807, 2.05) is 18.2 Å². The van der Waals surface area contributed by atoms with E-state index in [9.17, 15) is 4.79 Å². The number of ether oxygens (including phenoxy) is 2. The number of aromatic nitrogens is 1. The summed E-state index contributed by atoms with van der Waals surface area (Å²) < 4.78 is 11.3. The van der Waals surface area contributed by atoms with Crippen molar-refractivity contribution in [2.45, 2.75) is 37.8 Å². The molecule has 1 aliphatic heterocycles. The van der Waals surface area contributed by atoms with E-state index in [0.717, 1.165) is 6.42 Å². The number of amides is 1. The van der Waals surface area contributed by atoms with Crippen LogP contribution in [0.2, 0.25) is 0 Å². The average molecular weight is 276 g/mol. The fraction of sp³-hybridized carbons (Fsp3) is 0.600. The minimum Gasteiger partial charge on any atom is -0.470 e. The standard InChI is InChI=1S/C15H20N2O3/c18-14(9-11-4-5-11)17-12-6-8-19-10-13(12)20-15-3-1-2-7-16-15/h1-3,7,11-13H,4-6,8-10H2,(H,17,18)/t12-,13-/m1/s1. The summed E-state index contributed by atoms with van der Waals surface area (Å²) in [5.74, 6) is 1.31. The number of rotatable bonds is 5. The highest BCUT2D eigenvalue weighted by Crippen LogP contribution is 2.32. The summed E-state index contributed by atoms with van der Waals surface area (Å²) in [4.78, 5) is 16.1. The number of carbonyl (C=O) groups excluding carboxylic acids is 1. The minimum absolute atomic E-state index is 0.0111. The molecule has 0 radical (unpaired) electrons. The molecular weight excluding hydrogens is 256 g/mol. The Bertz CT molecular complexity index is 448. The lowest BCUT2D eigenvalue weighted by Crippen LogP contribution is -2.51. The molecule has 0 unspecified atom stereocenters. The highest BCUT2D eigenvalue weighted by molar-refractivity contribution is 5.76. The van der Waals surface area contributed by atoms with Gasteiger partial charge >= 0.3 is 0 Å². The molecule has 5 heteroatoms. The van der Waals surface area contributed by atoms with Crippen LogP contribution < -0.4 is 10.1 Å². The molecule has 1 N–H and O–H groups in total. The molecule has 2 aliphatic rings. The molecule has 20 heavy (non-hydrogen) atoms. The normalized spacial score (nSPS) is 26.0. The summed E-state index contributed by atoms with van der Waals surface area (Å²) in [7, 11) is 0. The maximum atomic E-state index is 11.9. The molecule has 1 aromatic rings. The second-order valence-electron chi connectivity index (χ2n) is 5.51. The van der Waals surface area contributed by atoms with Crippen LogP contribution in [-0.4, -0.2) is 36.3 Å². The third-order valence-corrected chi connectivity index (χ3v) is 3.73. The molecule has 0 aromatic carbocycles. The van der Waals surface area contributed by atoms with Crippen molar-refractivity contribution in [3.63, 3.8) is 0 Å².